The molecule has 1 unspecified atom stereocenters. The second kappa shape index (κ2) is 8.10. The zero-order valence-electron chi connectivity index (χ0n) is 15.9. The lowest BCUT2D eigenvalue weighted by molar-refractivity contribution is -0.134. The first-order valence-corrected chi connectivity index (χ1v) is 9.78. The summed E-state index contributed by atoms with van der Waals surface area (Å²) in [6.07, 6.45) is 9.25. The van der Waals surface area contributed by atoms with E-state index in [4.69, 9.17) is 4.74 Å². The van der Waals surface area contributed by atoms with Gasteiger partial charge in [0.05, 0.1) is 12.7 Å². The molecule has 2 fully saturated rings. The molecule has 2 saturated heterocycles. The SMILES string of the molecule is CCCC(C)N1CC2(CCN(C(=O)CCCc3cn[nH]c3)CC2)OC1=O. The van der Waals surface area contributed by atoms with Crippen molar-refractivity contribution in [3.63, 3.8) is 0 Å². The second-order valence-corrected chi connectivity index (χ2v) is 7.66. The van der Waals surface area contributed by atoms with E-state index in [-0.39, 0.29) is 18.0 Å². The van der Waals surface area contributed by atoms with Crippen LogP contribution in [0, 0.1) is 0 Å². The smallest absolute Gasteiger partial charge is 0.410 e. The molecule has 1 spiro atoms. The molecule has 0 saturated carbocycles. The Labute approximate surface area is 155 Å². The van der Waals surface area contributed by atoms with E-state index in [1.165, 1.54) is 0 Å². The number of aromatic nitrogens is 2. The van der Waals surface area contributed by atoms with E-state index in [2.05, 4.69) is 24.0 Å². The van der Waals surface area contributed by atoms with Gasteiger partial charge >= 0.3 is 6.09 Å². The molecule has 0 radical (unpaired) electrons. The number of carbonyl (C=O) groups is 2. The lowest BCUT2D eigenvalue weighted by Crippen LogP contribution is -2.49. The van der Waals surface area contributed by atoms with Gasteiger partial charge in [0.25, 0.3) is 0 Å². The maximum Gasteiger partial charge on any atom is 0.410 e. The van der Waals surface area contributed by atoms with Crippen molar-refractivity contribution in [2.75, 3.05) is 19.6 Å². The summed E-state index contributed by atoms with van der Waals surface area (Å²) in [4.78, 5) is 28.5. The fourth-order valence-corrected chi connectivity index (χ4v) is 4.00. The molecular weight excluding hydrogens is 332 g/mol. The molecule has 2 aliphatic heterocycles. The molecule has 7 heteroatoms. The van der Waals surface area contributed by atoms with Gasteiger partial charge in [-0.2, -0.15) is 5.10 Å². The minimum atomic E-state index is -0.396. The summed E-state index contributed by atoms with van der Waals surface area (Å²) in [5.74, 6) is 0.198. The average Bonchev–Trinajstić information content (AvgIpc) is 3.24. The first kappa shape index (κ1) is 18.7. The van der Waals surface area contributed by atoms with E-state index < -0.39 is 5.60 Å². The standard InChI is InChI=1S/C19H30N4O3/c1-3-5-15(2)23-14-19(26-18(23)25)8-10-22(11-9-19)17(24)7-4-6-16-12-20-21-13-16/h12-13,15H,3-11,14H2,1-2H3,(H,20,21). The van der Waals surface area contributed by atoms with Gasteiger partial charge in [0.15, 0.2) is 0 Å². The molecule has 7 nitrogen and oxygen atoms in total. The second-order valence-electron chi connectivity index (χ2n) is 7.66. The number of hydrogen-bond acceptors (Lipinski definition) is 4. The molecule has 144 valence electrons. The minimum absolute atomic E-state index is 0.189. The quantitative estimate of drug-likeness (QED) is 0.809. The maximum absolute atomic E-state index is 12.4. The number of H-pyrrole nitrogens is 1. The Balaban J connectivity index is 1.45. The number of nitrogens with zero attached hydrogens (tertiary/aromatic N) is 3. The third-order valence-electron chi connectivity index (χ3n) is 5.67. The number of amides is 2. The van der Waals surface area contributed by atoms with Crippen molar-refractivity contribution in [2.24, 2.45) is 0 Å². The van der Waals surface area contributed by atoms with Gasteiger partial charge in [0, 0.05) is 44.6 Å². The van der Waals surface area contributed by atoms with Crippen molar-refractivity contribution in [1.82, 2.24) is 20.0 Å². The molecule has 1 atom stereocenters. The summed E-state index contributed by atoms with van der Waals surface area (Å²) < 4.78 is 5.77. The molecule has 1 N–H and O–H groups in total. The number of nitrogens with one attached hydrogen (secondary N) is 1. The van der Waals surface area contributed by atoms with Crippen molar-refractivity contribution in [3.05, 3.63) is 18.0 Å². The summed E-state index contributed by atoms with van der Waals surface area (Å²) in [5.41, 5.74) is 0.738. The Hall–Kier alpha value is -2.05. The fourth-order valence-electron chi connectivity index (χ4n) is 4.00. The fraction of sp³-hybridized carbons (Fsp3) is 0.737. The molecule has 0 bridgehead atoms. The number of ether oxygens (including phenoxy) is 1. The highest BCUT2D eigenvalue weighted by atomic mass is 16.6. The number of rotatable bonds is 7. The van der Waals surface area contributed by atoms with Crippen LogP contribution in [-0.4, -0.2) is 63.3 Å². The number of aryl methyl sites for hydroxylation is 1. The van der Waals surface area contributed by atoms with Gasteiger partial charge in [-0.3, -0.25) is 9.89 Å². The van der Waals surface area contributed by atoms with E-state index in [1.54, 1.807) is 6.20 Å². The zero-order valence-corrected chi connectivity index (χ0v) is 15.9. The summed E-state index contributed by atoms with van der Waals surface area (Å²) in [7, 11) is 0. The predicted molar refractivity (Wildman–Crippen MR) is 97.6 cm³/mol. The van der Waals surface area contributed by atoms with Crippen LogP contribution in [0.2, 0.25) is 0 Å². The normalized spacial score (nSPS) is 20.5. The van der Waals surface area contributed by atoms with Gasteiger partial charge in [-0.15, -0.1) is 0 Å². The van der Waals surface area contributed by atoms with E-state index in [9.17, 15) is 9.59 Å². The molecule has 3 heterocycles. The molecule has 3 rings (SSSR count). The molecule has 1 aromatic heterocycles. The van der Waals surface area contributed by atoms with Crippen LogP contribution in [0.1, 0.15) is 57.9 Å². The zero-order chi connectivity index (χ0) is 18.6. The van der Waals surface area contributed by atoms with E-state index in [0.29, 0.717) is 26.1 Å². The van der Waals surface area contributed by atoms with Gasteiger partial charge in [-0.25, -0.2) is 4.79 Å². The van der Waals surface area contributed by atoms with Crippen LogP contribution in [0.3, 0.4) is 0 Å². The van der Waals surface area contributed by atoms with Gasteiger partial charge in [0.2, 0.25) is 5.91 Å². The maximum atomic E-state index is 12.4. The van der Waals surface area contributed by atoms with Crippen molar-refractivity contribution in [2.45, 2.75) is 70.4 Å². The van der Waals surface area contributed by atoms with Crippen molar-refractivity contribution in [1.29, 1.82) is 0 Å². The molecule has 1 aromatic rings. The molecule has 2 amide bonds. The van der Waals surface area contributed by atoms with Crippen LogP contribution in [0.4, 0.5) is 4.79 Å². The Bertz CT molecular complexity index is 608. The average molecular weight is 362 g/mol. The van der Waals surface area contributed by atoms with Crippen LogP contribution >= 0.6 is 0 Å². The topological polar surface area (TPSA) is 78.5 Å². The number of hydrogen-bond donors (Lipinski definition) is 1. The largest absolute Gasteiger partial charge is 0.441 e. The van der Waals surface area contributed by atoms with E-state index >= 15 is 0 Å². The minimum Gasteiger partial charge on any atom is -0.441 e. The first-order valence-electron chi connectivity index (χ1n) is 9.78. The highest BCUT2D eigenvalue weighted by Gasteiger charge is 2.48. The Kier molecular flexibility index (Phi) is 5.84. The van der Waals surface area contributed by atoms with Gasteiger partial charge in [-0.05, 0) is 31.7 Å². The summed E-state index contributed by atoms with van der Waals surface area (Å²) in [6.45, 7) is 6.23. The number of carbonyl (C=O) groups excluding carboxylic acids is 2. The van der Waals surface area contributed by atoms with Crippen LogP contribution in [0.5, 0.6) is 0 Å². The molecule has 2 aliphatic rings. The van der Waals surface area contributed by atoms with Crippen molar-refractivity contribution >= 4 is 12.0 Å². The van der Waals surface area contributed by atoms with Crippen LogP contribution in [0.25, 0.3) is 0 Å². The Morgan fingerprint density at radius 1 is 1.42 bits per heavy atom. The molecule has 26 heavy (non-hydrogen) atoms. The highest BCUT2D eigenvalue weighted by molar-refractivity contribution is 5.76. The van der Waals surface area contributed by atoms with Gasteiger partial charge in [0.1, 0.15) is 5.60 Å². The lowest BCUT2D eigenvalue weighted by Gasteiger charge is -2.37. The molecule has 0 aromatic carbocycles. The number of piperidine rings is 1. The number of aromatic amines is 1. The molecule has 0 aliphatic carbocycles. The van der Waals surface area contributed by atoms with Gasteiger partial charge < -0.3 is 14.5 Å². The van der Waals surface area contributed by atoms with Crippen molar-refractivity contribution < 1.29 is 14.3 Å². The van der Waals surface area contributed by atoms with E-state index in [1.807, 2.05) is 16.0 Å². The lowest BCUT2D eigenvalue weighted by atomic mass is 9.90. The van der Waals surface area contributed by atoms with Crippen LogP contribution < -0.4 is 0 Å². The Morgan fingerprint density at radius 3 is 2.85 bits per heavy atom. The van der Waals surface area contributed by atoms with Crippen LogP contribution in [-0.2, 0) is 16.0 Å². The molecular formula is C19H30N4O3. The monoisotopic (exact) mass is 362 g/mol. The number of likely N-dealkylation sites (tertiary alicyclic amines) is 1. The highest BCUT2D eigenvalue weighted by Crippen LogP contribution is 2.35. The van der Waals surface area contributed by atoms with E-state index in [0.717, 1.165) is 44.1 Å². The third-order valence-corrected chi connectivity index (χ3v) is 5.67. The first-order chi connectivity index (χ1) is 12.5. The third kappa shape index (κ3) is 4.19. The van der Waals surface area contributed by atoms with Crippen LogP contribution in [0.15, 0.2) is 12.4 Å². The summed E-state index contributed by atoms with van der Waals surface area (Å²) in [6, 6.07) is 0.217. The summed E-state index contributed by atoms with van der Waals surface area (Å²) >= 11 is 0. The van der Waals surface area contributed by atoms with Gasteiger partial charge in [-0.1, -0.05) is 13.3 Å². The Morgan fingerprint density at radius 2 is 2.19 bits per heavy atom. The summed E-state index contributed by atoms with van der Waals surface area (Å²) in [5, 5.41) is 6.71. The predicted octanol–water partition coefficient (Wildman–Crippen LogP) is 2.73. The van der Waals surface area contributed by atoms with Crippen molar-refractivity contribution in [3.8, 4) is 0 Å².